The lowest BCUT2D eigenvalue weighted by atomic mass is 10.1. The molecule has 2 nitrogen and oxygen atoms in total. The van der Waals surface area contributed by atoms with Gasteiger partial charge in [0, 0.05) is 5.56 Å². The maximum Gasteiger partial charge on any atom is 0.280 e. The van der Waals surface area contributed by atoms with E-state index in [4.69, 9.17) is 11.6 Å². The minimum atomic E-state index is -2.71. The van der Waals surface area contributed by atoms with Gasteiger partial charge in [-0.3, -0.25) is 4.79 Å². The van der Waals surface area contributed by atoms with E-state index >= 15 is 0 Å². The molecule has 0 bridgehead atoms. The van der Waals surface area contributed by atoms with Crippen LogP contribution in [0, 0.1) is 6.92 Å². The Labute approximate surface area is 78.5 Å². The Bertz CT molecular complexity index is 341. The number of aldehydes is 1. The van der Waals surface area contributed by atoms with Gasteiger partial charge < -0.3 is 0 Å². The predicted octanol–water partition coefficient (Wildman–Crippen LogP) is 2.79. The number of carbonyl (C=O) groups excluding carboxylic acids is 1. The number of alkyl halides is 2. The van der Waals surface area contributed by atoms with E-state index in [1.165, 1.54) is 13.0 Å². The highest BCUT2D eigenvalue weighted by atomic mass is 35.5. The van der Waals surface area contributed by atoms with E-state index in [1.807, 2.05) is 0 Å². The molecule has 1 aromatic heterocycles. The van der Waals surface area contributed by atoms with Gasteiger partial charge >= 0.3 is 0 Å². The van der Waals surface area contributed by atoms with Crippen LogP contribution in [-0.4, -0.2) is 11.3 Å². The molecule has 0 atom stereocenters. The molecule has 0 saturated carbocycles. The summed E-state index contributed by atoms with van der Waals surface area (Å²) in [5.41, 5.74) is -0.112. The van der Waals surface area contributed by atoms with E-state index in [0.717, 1.165) is 0 Å². The molecule has 0 aromatic carbocycles. The average Bonchev–Trinajstić information content (AvgIpc) is 2.08. The number of rotatable bonds is 2. The fraction of sp³-hybridized carbons (Fsp3) is 0.250. The topological polar surface area (TPSA) is 30.0 Å². The summed E-state index contributed by atoms with van der Waals surface area (Å²) >= 11 is 5.44. The van der Waals surface area contributed by atoms with Crippen molar-refractivity contribution in [2.45, 2.75) is 13.3 Å². The Morgan fingerprint density at radius 2 is 2.23 bits per heavy atom. The molecular formula is C8H6ClF2NO. The summed E-state index contributed by atoms with van der Waals surface area (Å²) in [4.78, 5) is 13.9. The molecule has 70 valence electrons. The van der Waals surface area contributed by atoms with Gasteiger partial charge in [-0.25, -0.2) is 13.8 Å². The molecule has 0 radical (unpaired) electrons. The fourth-order valence-corrected chi connectivity index (χ4v) is 1.16. The summed E-state index contributed by atoms with van der Waals surface area (Å²) in [6.45, 7) is 1.41. The third-order valence-electron chi connectivity index (χ3n) is 1.65. The van der Waals surface area contributed by atoms with E-state index in [1.54, 1.807) is 0 Å². The SMILES string of the molecule is Cc1c(C=O)cc(Cl)nc1C(F)F. The van der Waals surface area contributed by atoms with Crippen molar-refractivity contribution in [3.05, 3.63) is 28.0 Å². The third-order valence-corrected chi connectivity index (χ3v) is 1.85. The highest BCUT2D eigenvalue weighted by molar-refractivity contribution is 6.29. The lowest BCUT2D eigenvalue weighted by Gasteiger charge is -2.05. The van der Waals surface area contributed by atoms with Crippen molar-refractivity contribution in [3.8, 4) is 0 Å². The molecule has 0 fully saturated rings. The van der Waals surface area contributed by atoms with Crippen molar-refractivity contribution in [2.24, 2.45) is 0 Å². The predicted molar refractivity (Wildman–Crippen MR) is 44.3 cm³/mol. The van der Waals surface area contributed by atoms with E-state index < -0.39 is 12.1 Å². The molecule has 0 saturated heterocycles. The summed E-state index contributed by atoms with van der Waals surface area (Å²) in [5.74, 6) is 0. The number of aromatic nitrogens is 1. The van der Waals surface area contributed by atoms with Crippen LogP contribution in [0.2, 0.25) is 5.15 Å². The Balaban J connectivity index is 3.35. The van der Waals surface area contributed by atoms with Crippen LogP contribution in [0.3, 0.4) is 0 Å². The van der Waals surface area contributed by atoms with Crippen LogP contribution in [-0.2, 0) is 0 Å². The Morgan fingerprint density at radius 1 is 1.62 bits per heavy atom. The summed E-state index contributed by atoms with van der Waals surface area (Å²) in [7, 11) is 0. The molecule has 1 aromatic rings. The van der Waals surface area contributed by atoms with Gasteiger partial charge in [0.15, 0.2) is 0 Å². The zero-order valence-corrected chi connectivity index (χ0v) is 7.48. The first-order valence-electron chi connectivity index (χ1n) is 3.46. The van der Waals surface area contributed by atoms with Crippen LogP contribution < -0.4 is 0 Å². The smallest absolute Gasteiger partial charge is 0.280 e. The van der Waals surface area contributed by atoms with Crippen molar-refractivity contribution in [1.82, 2.24) is 4.98 Å². The quantitative estimate of drug-likeness (QED) is 0.549. The molecule has 0 N–H and O–H groups in total. The average molecular weight is 206 g/mol. The van der Waals surface area contributed by atoms with Crippen LogP contribution in [0.25, 0.3) is 0 Å². The van der Waals surface area contributed by atoms with Crippen molar-refractivity contribution >= 4 is 17.9 Å². The first-order chi connectivity index (χ1) is 6.06. The number of hydrogen-bond acceptors (Lipinski definition) is 2. The van der Waals surface area contributed by atoms with Gasteiger partial charge in [0.05, 0.1) is 0 Å². The van der Waals surface area contributed by atoms with Crippen molar-refractivity contribution < 1.29 is 13.6 Å². The second-order valence-electron chi connectivity index (χ2n) is 2.46. The number of carbonyl (C=O) groups is 1. The van der Waals surface area contributed by atoms with Gasteiger partial charge in [0.2, 0.25) is 0 Å². The Kier molecular flexibility index (Phi) is 2.93. The molecular weight excluding hydrogens is 200 g/mol. The van der Waals surface area contributed by atoms with Gasteiger partial charge in [-0.05, 0) is 18.6 Å². The molecule has 1 heterocycles. The lowest BCUT2D eigenvalue weighted by Crippen LogP contribution is -1.99. The third kappa shape index (κ3) is 2.01. The van der Waals surface area contributed by atoms with Gasteiger partial charge in [-0.15, -0.1) is 0 Å². The molecule has 13 heavy (non-hydrogen) atoms. The van der Waals surface area contributed by atoms with E-state index in [-0.39, 0.29) is 16.3 Å². The molecule has 0 aliphatic rings. The monoisotopic (exact) mass is 205 g/mol. The van der Waals surface area contributed by atoms with Crippen LogP contribution in [0.4, 0.5) is 8.78 Å². The molecule has 1 rings (SSSR count). The van der Waals surface area contributed by atoms with Crippen LogP contribution in [0.5, 0.6) is 0 Å². The highest BCUT2D eigenvalue weighted by Gasteiger charge is 2.15. The van der Waals surface area contributed by atoms with E-state index in [9.17, 15) is 13.6 Å². The Morgan fingerprint density at radius 3 is 2.69 bits per heavy atom. The van der Waals surface area contributed by atoms with Crippen LogP contribution in [0.1, 0.15) is 28.0 Å². The Hall–Kier alpha value is -1.03. The number of nitrogens with zero attached hydrogens (tertiary/aromatic N) is 1. The van der Waals surface area contributed by atoms with E-state index in [0.29, 0.717) is 6.29 Å². The first kappa shape index (κ1) is 10.1. The van der Waals surface area contributed by atoms with Crippen LogP contribution in [0.15, 0.2) is 6.07 Å². The molecule has 0 amide bonds. The number of hydrogen-bond donors (Lipinski definition) is 0. The van der Waals surface area contributed by atoms with Crippen molar-refractivity contribution in [1.29, 1.82) is 0 Å². The van der Waals surface area contributed by atoms with Gasteiger partial charge in [-0.1, -0.05) is 11.6 Å². The van der Waals surface area contributed by atoms with Gasteiger partial charge in [0.25, 0.3) is 6.43 Å². The van der Waals surface area contributed by atoms with Crippen molar-refractivity contribution in [3.63, 3.8) is 0 Å². The highest BCUT2D eigenvalue weighted by Crippen LogP contribution is 2.24. The second-order valence-corrected chi connectivity index (χ2v) is 2.85. The maximum atomic E-state index is 12.3. The minimum Gasteiger partial charge on any atom is -0.298 e. The number of pyridine rings is 1. The standard InChI is InChI=1S/C8H6ClF2NO/c1-4-5(3-13)2-6(9)12-7(4)8(10)11/h2-3,8H,1H3. The summed E-state index contributed by atoms with van der Waals surface area (Å²) in [6.07, 6.45) is -2.23. The molecule has 0 aliphatic heterocycles. The zero-order chi connectivity index (χ0) is 10.0. The van der Waals surface area contributed by atoms with Gasteiger partial charge in [-0.2, -0.15) is 0 Å². The normalized spacial score (nSPS) is 10.5. The minimum absolute atomic E-state index is 0.0944. The van der Waals surface area contributed by atoms with Crippen molar-refractivity contribution in [2.75, 3.05) is 0 Å². The van der Waals surface area contributed by atoms with E-state index in [2.05, 4.69) is 4.98 Å². The summed E-state index contributed by atoms with van der Waals surface area (Å²) < 4.78 is 24.6. The number of halogens is 3. The summed E-state index contributed by atoms with van der Waals surface area (Å²) in [6, 6.07) is 1.26. The second kappa shape index (κ2) is 3.79. The molecule has 0 unspecified atom stereocenters. The fourth-order valence-electron chi connectivity index (χ4n) is 0.951. The zero-order valence-electron chi connectivity index (χ0n) is 6.72. The first-order valence-corrected chi connectivity index (χ1v) is 3.84. The summed E-state index contributed by atoms with van der Waals surface area (Å²) in [5, 5.41) is -0.0944. The lowest BCUT2D eigenvalue weighted by molar-refractivity contribution is 0.112. The maximum absolute atomic E-state index is 12.3. The molecule has 5 heteroatoms. The van der Waals surface area contributed by atoms with Gasteiger partial charge in [0.1, 0.15) is 17.1 Å². The largest absolute Gasteiger partial charge is 0.298 e. The van der Waals surface area contributed by atoms with Crippen LogP contribution >= 0.6 is 11.6 Å². The molecule has 0 spiro atoms. The molecule has 0 aliphatic carbocycles.